The molecule has 0 fully saturated rings. The number of rotatable bonds is 3. The van der Waals surface area contributed by atoms with E-state index in [1.54, 1.807) is 0 Å². The Morgan fingerprint density at radius 1 is 1.00 bits per heavy atom. The zero-order valence-electron chi connectivity index (χ0n) is 16.6. The molecule has 0 bridgehead atoms. The quantitative estimate of drug-likeness (QED) is 0.420. The van der Waals surface area contributed by atoms with E-state index in [0.29, 0.717) is 0 Å². The first-order chi connectivity index (χ1) is 14.6. The number of fused-ring (bicyclic) bond motifs is 3. The van der Waals surface area contributed by atoms with E-state index in [-0.39, 0.29) is 6.04 Å². The highest BCUT2D eigenvalue weighted by Crippen LogP contribution is 2.39. The fraction of sp³-hybridized carbons (Fsp3) is 0.167. The van der Waals surface area contributed by atoms with Gasteiger partial charge in [-0.05, 0) is 72.5 Å². The van der Waals surface area contributed by atoms with E-state index in [1.165, 1.54) is 11.1 Å². The van der Waals surface area contributed by atoms with Crippen LogP contribution in [0.1, 0.15) is 23.7 Å². The van der Waals surface area contributed by atoms with Gasteiger partial charge in [0.15, 0.2) is 0 Å². The molecule has 1 aliphatic rings. The third-order valence-corrected chi connectivity index (χ3v) is 5.90. The highest BCUT2D eigenvalue weighted by atomic mass is 35.5. The van der Waals surface area contributed by atoms with Crippen LogP contribution in [0.25, 0.3) is 22.4 Å². The molecule has 1 atom stereocenters. The fourth-order valence-electron chi connectivity index (χ4n) is 4.12. The van der Waals surface area contributed by atoms with Gasteiger partial charge in [0.2, 0.25) is 0 Å². The molecule has 1 aliphatic heterocycles. The van der Waals surface area contributed by atoms with Gasteiger partial charge >= 0.3 is 0 Å². The van der Waals surface area contributed by atoms with Crippen LogP contribution >= 0.6 is 11.6 Å². The summed E-state index contributed by atoms with van der Waals surface area (Å²) in [7, 11) is 0. The molecule has 2 heterocycles. The van der Waals surface area contributed by atoms with E-state index in [9.17, 15) is 0 Å². The molecule has 3 N–H and O–H groups in total. The van der Waals surface area contributed by atoms with E-state index in [2.05, 4.69) is 46.0 Å². The number of benzene rings is 3. The zero-order valence-corrected chi connectivity index (χ0v) is 17.4. The molecule has 150 valence electrons. The molecule has 0 saturated carbocycles. The smallest absolute Gasteiger partial charge is 0.0918 e. The van der Waals surface area contributed by atoms with Crippen molar-refractivity contribution in [1.29, 1.82) is 0 Å². The number of anilines is 2. The van der Waals surface area contributed by atoms with E-state index in [1.807, 2.05) is 48.0 Å². The van der Waals surface area contributed by atoms with Crippen molar-refractivity contribution >= 4 is 23.0 Å². The van der Waals surface area contributed by atoms with Gasteiger partial charge in [-0.3, -0.25) is 0 Å². The van der Waals surface area contributed by atoms with E-state index in [0.717, 1.165) is 51.9 Å². The number of aryl methyl sites for hydroxylation is 2. The number of nitrogens with zero attached hydrogens (tertiary/aromatic N) is 3. The van der Waals surface area contributed by atoms with Crippen molar-refractivity contribution in [2.45, 2.75) is 25.9 Å². The summed E-state index contributed by atoms with van der Waals surface area (Å²) in [5.74, 6) is 0. The normalized spacial score (nSPS) is 15.2. The summed E-state index contributed by atoms with van der Waals surface area (Å²) in [5.41, 5.74) is 14.4. The summed E-state index contributed by atoms with van der Waals surface area (Å²) in [6.07, 6.45) is 0.899. The molecule has 0 amide bonds. The maximum atomic E-state index is 6.07. The van der Waals surface area contributed by atoms with Gasteiger partial charge in [0.1, 0.15) is 0 Å². The van der Waals surface area contributed by atoms with Crippen molar-refractivity contribution in [3.8, 4) is 22.4 Å². The van der Waals surface area contributed by atoms with Crippen LogP contribution in [0.2, 0.25) is 5.02 Å². The van der Waals surface area contributed by atoms with Gasteiger partial charge in [-0.25, -0.2) is 4.68 Å². The second-order valence-corrected chi connectivity index (χ2v) is 8.10. The monoisotopic (exact) mass is 415 g/mol. The van der Waals surface area contributed by atoms with Gasteiger partial charge < -0.3 is 11.1 Å². The lowest BCUT2D eigenvalue weighted by atomic mass is 9.92. The van der Waals surface area contributed by atoms with Crippen LogP contribution in [0.3, 0.4) is 0 Å². The summed E-state index contributed by atoms with van der Waals surface area (Å²) >= 11 is 6.07. The molecule has 4 aromatic rings. The number of nitrogens with two attached hydrogens (primary N) is 1. The van der Waals surface area contributed by atoms with E-state index < -0.39 is 0 Å². The highest BCUT2D eigenvalue weighted by Gasteiger charge is 2.25. The number of nitrogen functional groups attached to an aromatic ring is 1. The Hall–Kier alpha value is -3.31. The Labute approximate surface area is 180 Å². The lowest BCUT2D eigenvalue weighted by Crippen LogP contribution is -2.12. The van der Waals surface area contributed by atoms with Gasteiger partial charge in [-0.1, -0.05) is 41.1 Å². The molecule has 0 spiro atoms. The third kappa shape index (κ3) is 3.42. The van der Waals surface area contributed by atoms with E-state index in [4.69, 9.17) is 17.3 Å². The Kier molecular flexibility index (Phi) is 4.68. The number of halogens is 1. The minimum absolute atomic E-state index is 0.135. The van der Waals surface area contributed by atoms with Crippen molar-refractivity contribution in [1.82, 2.24) is 15.0 Å². The molecular weight excluding hydrogens is 394 g/mol. The molecule has 1 unspecified atom stereocenters. The molecule has 0 saturated heterocycles. The molecule has 0 radical (unpaired) electrons. The van der Waals surface area contributed by atoms with Crippen LogP contribution in [0.15, 0.2) is 66.7 Å². The molecule has 0 aliphatic carbocycles. The number of nitrogens with one attached hydrogen (secondary N) is 1. The van der Waals surface area contributed by atoms with Crippen LogP contribution in [-0.2, 0) is 6.54 Å². The average Bonchev–Trinajstić information content (AvgIpc) is 3.05. The maximum Gasteiger partial charge on any atom is 0.0918 e. The predicted molar refractivity (Wildman–Crippen MR) is 122 cm³/mol. The first kappa shape index (κ1) is 18.7. The Balaban J connectivity index is 1.62. The molecule has 3 aromatic carbocycles. The van der Waals surface area contributed by atoms with Gasteiger partial charge in [0.25, 0.3) is 0 Å². The van der Waals surface area contributed by atoms with Crippen molar-refractivity contribution in [3.05, 3.63) is 83.0 Å². The van der Waals surface area contributed by atoms with Gasteiger partial charge in [0.05, 0.1) is 17.4 Å². The van der Waals surface area contributed by atoms with Crippen LogP contribution in [0.5, 0.6) is 0 Å². The highest BCUT2D eigenvalue weighted by molar-refractivity contribution is 6.30. The number of aromatic nitrogens is 3. The maximum absolute atomic E-state index is 6.07. The van der Waals surface area contributed by atoms with Crippen LogP contribution in [0, 0.1) is 6.92 Å². The van der Waals surface area contributed by atoms with Crippen molar-refractivity contribution < 1.29 is 0 Å². The summed E-state index contributed by atoms with van der Waals surface area (Å²) in [6.45, 7) is 2.82. The van der Waals surface area contributed by atoms with Crippen molar-refractivity contribution in [2.24, 2.45) is 0 Å². The predicted octanol–water partition coefficient (Wildman–Crippen LogP) is 5.71. The van der Waals surface area contributed by atoms with Gasteiger partial charge in [-0.2, -0.15) is 0 Å². The molecule has 5 nitrogen and oxygen atoms in total. The molecule has 30 heavy (non-hydrogen) atoms. The summed E-state index contributed by atoms with van der Waals surface area (Å²) in [5, 5.41) is 13.1. The van der Waals surface area contributed by atoms with Crippen LogP contribution < -0.4 is 11.1 Å². The Morgan fingerprint density at radius 3 is 2.50 bits per heavy atom. The number of hydrogen-bond acceptors (Lipinski definition) is 4. The molecule has 6 heteroatoms. The summed E-state index contributed by atoms with van der Waals surface area (Å²) in [6, 6.07) is 22.6. The second-order valence-electron chi connectivity index (χ2n) is 7.66. The average molecular weight is 416 g/mol. The first-order valence-corrected chi connectivity index (χ1v) is 10.4. The van der Waals surface area contributed by atoms with Crippen LogP contribution in [0.4, 0.5) is 11.4 Å². The minimum atomic E-state index is 0.135. The summed E-state index contributed by atoms with van der Waals surface area (Å²) < 4.78 is 2.01. The topological polar surface area (TPSA) is 68.8 Å². The molecule has 1 aromatic heterocycles. The standard InChI is InChI=1S/C24H22ClN5/c1-15-24-21-11-4-17(16-2-7-19(26)8-3-16)14-22(21)23(12-13-30(24)29-28-15)27-20-9-5-18(25)6-10-20/h2-11,14,23,27H,12-13,26H2,1H3. The molecule has 5 rings (SSSR count). The van der Waals surface area contributed by atoms with Crippen molar-refractivity contribution in [2.75, 3.05) is 11.1 Å². The van der Waals surface area contributed by atoms with Gasteiger partial charge in [-0.15, -0.1) is 5.10 Å². The second kappa shape index (κ2) is 7.50. The first-order valence-electron chi connectivity index (χ1n) is 10.0. The molecular formula is C24H22ClN5. The number of hydrogen-bond donors (Lipinski definition) is 2. The third-order valence-electron chi connectivity index (χ3n) is 5.64. The lowest BCUT2D eigenvalue weighted by Gasteiger charge is -2.21. The van der Waals surface area contributed by atoms with Gasteiger partial charge in [0, 0.05) is 28.5 Å². The Morgan fingerprint density at radius 2 is 1.73 bits per heavy atom. The van der Waals surface area contributed by atoms with Crippen molar-refractivity contribution in [3.63, 3.8) is 0 Å². The fourth-order valence-corrected chi connectivity index (χ4v) is 4.24. The minimum Gasteiger partial charge on any atom is -0.399 e. The SMILES string of the molecule is Cc1nnn2c1-c1ccc(-c3ccc(N)cc3)cc1C(Nc1ccc(Cl)cc1)CC2. The summed E-state index contributed by atoms with van der Waals surface area (Å²) in [4.78, 5) is 0. The van der Waals surface area contributed by atoms with E-state index >= 15 is 0 Å². The van der Waals surface area contributed by atoms with Crippen LogP contribution in [-0.4, -0.2) is 15.0 Å². The Bertz CT molecular complexity index is 1200. The largest absolute Gasteiger partial charge is 0.399 e. The zero-order chi connectivity index (χ0) is 20.7. The lowest BCUT2D eigenvalue weighted by molar-refractivity contribution is 0.539.